The van der Waals surface area contributed by atoms with Gasteiger partial charge in [0.2, 0.25) is 5.91 Å². The van der Waals surface area contributed by atoms with Gasteiger partial charge in [-0.15, -0.1) is 0 Å². The molecule has 1 fully saturated rings. The van der Waals surface area contributed by atoms with Crippen LogP contribution < -0.4 is 9.47 Å². The van der Waals surface area contributed by atoms with Gasteiger partial charge in [-0.25, -0.2) is 0 Å². The van der Waals surface area contributed by atoms with Crippen molar-refractivity contribution in [3.8, 4) is 23.0 Å². The molecule has 0 aliphatic carbocycles. The maximum atomic E-state index is 13.2. The second-order valence-corrected chi connectivity index (χ2v) is 7.36. The number of phenolic OH excluding ortho intramolecular Hbond substituents is 2. The average Bonchev–Trinajstić information content (AvgIpc) is 2.75. The van der Waals surface area contributed by atoms with Gasteiger partial charge in [-0.2, -0.15) is 0 Å². The smallest absolute Gasteiger partial charge is 0.220 e. The summed E-state index contributed by atoms with van der Waals surface area (Å²) in [6.07, 6.45) is 3.41. The molecule has 1 aliphatic heterocycles. The Labute approximate surface area is 187 Å². The lowest BCUT2D eigenvalue weighted by Gasteiger charge is -2.29. The normalized spacial score (nSPS) is 16.5. The summed E-state index contributed by atoms with van der Waals surface area (Å²) in [5.41, 5.74) is 2.27. The minimum absolute atomic E-state index is 0.0207. The maximum Gasteiger partial charge on any atom is 0.220 e. The second kappa shape index (κ2) is 10.0. The van der Waals surface area contributed by atoms with E-state index in [4.69, 9.17) is 9.47 Å². The number of aromatic hydroxyl groups is 2. The van der Waals surface area contributed by atoms with Gasteiger partial charge in [0.25, 0.3) is 0 Å². The number of carbonyl (C=O) groups excluding carboxylic acids is 2. The first-order valence-electron chi connectivity index (χ1n) is 10.4. The number of piperidine rings is 1. The lowest BCUT2D eigenvalue weighted by Crippen LogP contribution is -2.40. The standard InChI is InChI=1S/C25H27NO6/c1-4-31-23-12-17(6-8-21(23)28)10-19-14-26(16(3)27)15-20(25(19)30)11-18-7-9-22(29)24(13-18)32-5-2/h6-13,28-29H,4-5,14-15H2,1-3H3/b19-10-,20-11+. The molecule has 2 N–H and O–H groups in total. The van der Waals surface area contributed by atoms with Crippen LogP contribution in [0.3, 0.4) is 0 Å². The zero-order chi connectivity index (χ0) is 23.3. The van der Waals surface area contributed by atoms with Crippen molar-refractivity contribution in [1.29, 1.82) is 0 Å². The molecule has 0 spiro atoms. The number of carbonyl (C=O) groups is 2. The van der Waals surface area contributed by atoms with Gasteiger partial charge in [0.15, 0.2) is 28.8 Å². The van der Waals surface area contributed by atoms with E-state index < -0.39 is 0 Å². The van der Waals surface area contributed by atoms with E-state index in [1.54, 1.807) is 41.3 Å². The molecule has 0 bridgehead atoms. The molecule has 2 aromatic carbocycles. The molecule has 0 radical (unpaired) electrons. The minimum atomic E-state index is -0.167. The molecule has 3 rings (SSSR count). The summed E-state index contributed by atoms with van der Waals surface area (Å²) < 4.78 is 10.8. The molecule has 1 amide bonds. The Kier molecular flexibility index (Phi) is 7.20. The Morgan fingerprint density at radius 3 is 1.72 bits per heavy atom. The molecule has 7 nitrogen and oxygen atoms in total. The van der Waals surface area contributed by atoms with Crippen LogP contribution in [0.25, 0.3) is 12.2 Å². The van der Waals surface area contributed by atoms with Crippen molar-refractivity contribution in [2.24, 2.45) is 0 Å². The molecular weight excluding hydrogens is 410 g/mol. The van der Waals surface area contributed by atoms with E-state index in [0.29, 0.717) is 47.0 Å². The summed E-state index contributed by atoms with van der Waals surface area (Å²) in [4.78, 5) is 26.9. The lowest BCUT2D eigenvalue weighted by molar-refractivity contribution is -0.129. The highest BCUT2D eigenvalue weighted by atomic mass is 16.5. The Morgan fingerprint density at radius 2 is 1.34 bits per heavy atom. The molecule has 7 heteroatoms. The van der Waals surface area contributed by atoms with Crippen LogP contribution in [-0.2, 0) is 9.59 Å². The van der Waals surface area contributed by atoms with Crippen LogP contribution in [0.2, 0.25) is 0 Å². The molecule has 0 unspecified atom stereocenters. The predicted molar refractivity (Wildman–Crippen MR) is 122 cm³/mol. The number of benzene rings is 2. The van der Waals surface area contributed by atoms with Crippen molar-refractivity contribution >= 4 is 23.8 Å². The van der Waals surface area contributed by atoms with Crippen molar-refractivity contribution < 1.29 is 29.3 Å². The fraction of sp³-hybridized carbons (Fsp3) is 0.280. The highest BCUT2D eigenvalue weighted by molar-refractivity contribution is 6.15. The number of amides is 1. The number of ether oxygens (including phenoxy) is 2. The Morgan fingerprint density at radius 1 is 0.906 bits per heavy atom. The van der Waals surface area contributed by atoms with Gasteiger partial charge in [-0.3, -0.25) is 9.59 Å². The summed E-state index contributed by atoms with van der Waals surface area (Å²) in [5, 5.41) is 19.8. The number of phenols is 2. The molecule has 0 aromatic heterocycles. The van der Waals surface area contributed by atoms with Gasteiger partial charge >= 0.3 is 0 Å². The van der Waals surface area contributed by atoms with Crippen LogP contribution in [0.4, 0.5) is 0 Å². The van der Waals surface area contributed by atoms with E-state index in [1.165, 1.54) is 19.1 Å². The van der Waals surface area contributed by atoms with Crippen LogP contribution >= 0.6 is 0 Å². The summed E-state index contributed by atoms with van der Waals surface area (Å²) in [7, 11) is 0. The Hall–Kier alpha value is -3.74. The Bertz CT molecular complexity index is 1010. The Balaban J connectivity index is 1.99. The van der Waals surface area contributed by atoms with Crippen molar-refractivity contribution in [3.05, 3.63) is 58.7 Å². The van der Waals surface area contributed by atoms with E-state index in [9.17, 15) is 19.8 Å². The van der Waals surface area contributed by atoms with Gasteiger partial charge in [0.05, 0.1) is 13.2 Å². The average molecular weight is 437 g/mol. The van der Waals surface area contributed by atoms with Crippen molar-refractivity contribution in [2.75, 3.05) is 26.3 Å². The van der Waals surface area contributed by atoms with E-state index in [1.807, 2.05) is 13.8 Å². The number of hydrogen-bond donors (Lipinski definition) is 2. The van der Waals surface area contributed by atoms with Gasteiger partial charge in [0, 0.05) is 31.2 Å². The molecule has 1 heterocycles. The lowest BCUT2D eigenvalue weighted by atomic mass is 9.94. The zero-order valence-electron chi connectivity index (χ0n) is 18.4. The fourth-order valence-corrected chi connectivity index (χ4v) is 3.45. The van der Waals surface area contributed by atoms with Crippen molar-refractivity contribution in [1.82, 2.24) is 4.90 Å². The number of nitrogens with zero attached hydrogens (tertiary/aromatic N) is 1. The van der Waals surface area contributed by atoms with E-state index in [-0.39, 0.29) is 36.3 Å². The molecule has 2 aromatic rings. The summed E-state index contributed by atoms with van der Waals surface area (Å²) in [6.45, 7) is 6.27. The first kappa shape index (κ1) is 22.9. The van der Waals surface area contributed by atoms with E-state index in [2.05, 4.69) is 0 Å². The largest absolute Gasteiger partial charge is 0.504 e. The molecular formula is C25H27NO6. The zero-order valence-corrected chi connectivity index (χ0v) is 18.4. The molecule has 32 heavy (non-hydrogen) atoms. The molecule has 1 saturated heterocycles. The molecule has 1 aliphatic rings. The minimum Gasteiger partial charge on any atom is -0.504 e. The van der Waals surface area contributed by atoms with Crippen LogP contribution in [-0.4, -0.2) is 53.1 Å². The van der Waals surface area contributed by atoms with Gasteiger partial charge in [-0.1, -0.05) is 12.1 Å². The van der Waals surface area contributed by atoms with Crippen LogP contribution in [0, 0.1) is 0 Å². The van der Waals surface area contributed by atoms with Crippen LogP contribution in [0.15, 0.2) is 47.5 Å². The van der Waals surface area contributed by atoms with Gasteiger partial charge < -0.3 is 24.6 Å². The van der Waals surface area contributed by atoms with E-state index >= 15 is 0 Å². The quantitative estimate of drug-likeness (QED) is 0.668. The molecule has 168 valence electrons. The van der Waals surface area contributed by atoms with Gasteiger partial charge in [-0.05, 0) is 61.4 Å². The highest BCUT2D eigenvalue weighted by Crippen LogP contribution is 2.31. The maximum absolute atomic E-state index is 13.2. The fourth-order valence-electron chi connectivity index (χ4n) is 3.45. The third kappa shape index (κ3) is 5.29. The summed E-state index contributed by atoms with van der Waals surface area (Å²) >= 11 is 0. The second-order valence-electron chi connectivity index (χ2n) is 7.36. The third-order valence-electron chi connectivity index (χ3n) is 5.00. The molecule has 0 saturated carbocycles. The summed E-state index contributed by atoms with van der Waals surface area (Å²) in [6, 6.07) is 9.70. The van der Waals surface area contributed by atoms with Crippen molar-refractivity contribution in [3.63, 3.8) is 0 Å². The SMILES string of the molecule is CCOc1cc(/C=C2/CN(C(C)=O)C/C(=C\c3ccc(O)c(OCC)c3)C2=O)ccc1O. The number of likely N-dealkylation sites (tertiary alicyclic amines) is 1. The monoisotopic (exact) mass is 437 g/mol. The first-order valence-corrected chi connectivity index (χ1v) is 10.4. The molecule has 0 atom stereocenters. The topological polar surface area (TPSA) is 96.3 Å². The van der Waals surface area contributed by atoms with Crippen molar-refractivity contribution in [2.45, 2.75) is 20.8 Å². The number of Topliss-reactive ketones (excluding diaryl/α,β-unsaturated/α-hetero) is 1. The highest BCUT2D eigenvalue weighted by Gasteiger charge is 2.27. The predicted octanol–water partition coefficient (Wildman–Crippen LogP) is 3.79. The third-order valence-corrected chi connectivity index (χ3v) is 5.00. The van der Waals surface area contributed by atoms with Crippen LogP contribution in [0.5, 0.6) is 23.0 Å². The summed E-state index contributed by atoms with van der Waals surface area (Å²) in [5.74, 6) is 0.392. The number of ketones is 1. The first-order chi connectivity index (χ1) is 15.3. The van der Waals surface area contributed by atoms with Crippen LogP contribution in [0.1, 0.15) is 31.9 Å². The van der Waals surface area contributed by atoms with Gasteiger partial charge in [0.1, 0.15) is 0 Å². The number of rotatable bonds is 6. The number of hydrogen-bond acceptors (Lipinski definition) is 6. The van der Waals surface area contributed by atoms with E-state index in [0.717, 1.165) is 0 Å².